The molecule has 0 heterocycles. The Morgan fingerprint density at radius 2 is 2.00 bits per heavy atom. The Hall–Kier alpha value is -1.43. The van der Waals surface area contributed by atoms with Crippen molar-refractivity contribution < 1.29 is 23.0 Å². The highest BCUT2D eigenvalue weighted by Gasteiger charge is 2.36. The van der Waals surface area contributed by atoms with Gasteiger partial charge in [-0.1, -0.05) is 6.07 Å². The quantitative estimate of drug-likeness (QED) is 0.801. The van der Waals surface area contributed by atoms with E-state index in [1.54, 1.807) is 0 Å². The van der Waals surface area contributed by atoms with Crippen LogP contribution in [0, 0.1) is 0 Å². The number of phenolic OH excluding ortho intramolecular Hbond substituents is 1. The Morgan fingerprint density at radius 3 is 2.40 bits per heavy atom. The zero-order valence-corrected chi connectivity index (χ0v) is 7.93. The van der Waals surface area contributed by atoms with Crippen LogP contribution in [-0.4, -0.2) is 12.2 Å². The number of phenols is 1. The molecule has 0 aliphatic heterocycles. The minimum Gasteiger partial charge on any atom is -0.504 e. The zero-order chi connectivity index (χ0) is 11.6. The molecule has 0 bridgehead atoms. The third-order valence-corrected chi connectivity index (χ3v) is 1.94. The van der Waals surface area contributed by atoms with Crippen LogP contribution in [0.15, 0.2) is 12.1 Å². The number of rotatable bonds is 2. The molecule has 0 atom stereocenters. The average Bonchev–Trinajstić information content (AvgIpc) is 2.15. The molecule has 0 aromatic heterocycles. The van der Waals surface area contributed by atoms with Crippen LogP contribution in [0.4, 0.5) is 13.2 Å². The molecule has 0 amide bonds. The van der Waals surface area contributed by atoms with Crippen molar-refractivity contribution in [2.45, 2.75) is 12.7 Å². The first-order valence-electron chi connectivity index (χ1n) is 4.08. The summed E-state index contributed by atoms with van der Waals surface area (Å²) in [6.45, 7) is -0.0552. The first kappa shape index (κ1) is 11.6. The first-order chi connectivity index (χ1) is 6.91. The lowest BCUT2D eigenvalue weighted by Crippen LogP contribution is -2.09. The van der Waals surface area contributed by atoms with E-state index in [1.165, 1.54) is 0 Å². The van der Waals surface area contributed by atoms with Gasteiger partial charge in [0, 0.05) is 12.1 Å². The molecule has 0 spiro atoms. The van der Waals surface area contributed by atoms with E-state index < -0.39 is 23.2 Å². The van der Waals surface area contributed by atoms with Gasteiger partial charge in [-0.2, -0.15) is 13.2 Å². The zero-order valence-electron chi connectivity index (χ0n) is 7.93. The monoisotopic (exact) mass is 221 g/mol. The van der Waals surface area contributed by atoms with E-state index in [1.807, 2.05) is 0 Å². The van der Waals surface area contributed by atoms with E-state index in [9.17, 15) is 18.3 Å². The van der Waals surface area contributed by atoms with Crippen molar-refractivity contribution in [3.8, 4) is 11.5 Å². The van der Waals surface area contributed by atoms with Gasteiger partial charge in [0.15, 0.2) is 11.5 Å². The molecule has 1 rings (SSSR count). The molecule has 0 saturated heterocycles. The summed E-state index contributed by atoms with van der Waals surface area (Å²) in [6, 6.07) is 1.96. The highest BCUT2D eigenvalue weighted by molar-refractivity contribution is 5.52. The molecule has 0 radical (unpaired) electrons. The predicted molar refractivity (Wildman–Crippen MR) is 47.6 cm³/mol. The van der Waals surface area contributed by atoms with Gasteiger partial charge in [-0.05, 0) is 6.07 Å². The predicted octanol–water partition coefficient (Wildman–Crippen LogP) is 1.88. The molecule has 0 fully saturated rings. The fourth-order valence-corrected chi connectivity index (χ4v) is 1.21. The number of benzene rings is 1. The molecule has 3 N–H and O–H groups in total. The molecular formula is C9H10F3NO2. The van der Waals surface area contributed by atoms with Crippen molar-refractivity contribution in [2.75, 3.05) is 7.11 Å². The lowest BCUT2D eigenvalue weighted by molar-refractivity contribution is -0.138. The maximum absolute atomic E-state index is 12.4. The van der Waals surface area contributed by atoms with Gasteiger partial charge in [0.05, 0.1) is 7.11 Å². The number of hydrogen-bond acceptors (Lipinski definition) is 3. The van der Waals surface area contributed by atoms with E-state index >= 15 is 0 Å². The van der Waals surface area contributed by atoms with E-state index in [0.717, 1.165) is 19.2 Å². The smallest absolute Gasteiger partial charge is 0.420 e. The second-order valence-corrected chi connectivity index (χ2v) is 2.86. The molecule has 0 saturated carbocycles. The standard InChI is InChI=1S/C9H10F3NO2/c1-15-8-6(9(10,11)12)3-2-5(4-13)7(8)14/h2-3,14H,4,13H2,1H3. The summed E-state index contributed by atoms with van der Waals surface area (Å²) < 4.78 is 41.8. The minimum atomic E-state index is -4.56. The van der Waals surface area contributed by atoms with Gasteiger partial charge in [-0.3, -0.25) is 0 Å². The van der Waals surface area contributed by atoms with E-state index in [-0.39, 0.29) is 12.1 Å². The second kappa shape index (κ2) is 3.98. The number of methoxy groups -OCH3 is 1. The molecule has 0 aliphatic rings. The van der Waals surface area contributed by atoms with E-state index in [4.69, 9.17) is 5.73 Å². The Labute approximate surface area is 84.3 Å². The third-order valence-electron chi connectivity index (χ3n) is 1.94. The number of nitrogens with two attached hydrogens (primary N) is 1. The van der Waals surface area contributed by atoms with Gasteiger partial charge in [-0.25, -0.2) is 0 Å². The first-order valence-corrected chi connectivity index (χ1v) is 4.08. The van der Waals surface area contributed by atoms with Crippen LogP contribution < -0.4 is 10.5 Å². The molecule has 0 unspecified atom stereocenters. The molecule has 1 aromatic carbocycles. The fourth-order valence-electron chi connectivity index (χ4n) is 1.21. The molecule has 84 valence electrons. The fraction of sp³-hybridized carbons (Fsp3) is 0.333. The Bertz CT molecular complexity index is 363. The average molecular weight is 221 g/mol. The molecule has 3 nitrogen and oxygen atoms in total. The summed E-state index contributed by atoms with van der Waals surface area (Å²) in [7, 11) is 1.06. The maximum atomic E-state index is 12.4. The summed E-state index contributed by atoms with van der Waals surface area (Å²) in [6.07, 6.45) is -4.56. The molecule has 0 aliphatic carbocycles. The second-order valence-electron chi connectivity index (χ2n) is 2.86. The summed E-state index contributed by atoms with van der Waals surface area (Å²) >= 11 is 0. The molecule has 1 aromatic rings. The highest BCUT2D eigenvalue weighted by Crippen LogP contribution is 2.42. The van der Waals surface area contributed by atoms with E-state index in [0.29, 0.717) is 0 Å². The highest BCUT2D eigenvalue weighted by atomic mass is 19.4. The topological polar surface area (TPSA) is 55.5 Å². The summed E-state index contributed by atoms with van der Waals surface area (Å²) in [5, 5.41) is 9.43. The van der Waals surface area contributed by atoms with Crippen molar-refractivity contribution in [1.82, 2.24) is 0 Å². The molecule has 15 heavy (non-hydrogen) atoms. The van der Waals surface area contributed by atoms with Crippen molar-refractivity contribution in [1.29, 1.82) is 0 Å². The number of ether oxygens (including phenoxy) is 1. The van der Waals surface area contributed by atoms with Crippen LogP contribution in [0.25, 0.3) is 0 Å². The Morgan fingerprint density at radius 1 is 1.40 bits per heavy atom. The Balaban J connectivity index is 3.38. The van der Waals surface area contributed by atoms with Crippen LogP contribution >= 0.6 is 0 Å². The van der Waals surface area contributed by atoms with Crippen LogP contribution in [0.1, 0.15) is 11.1 Å². The van der Waals surface area contributed by atoms with Gasteiger partial charge in [0.1, 0.15) is 5.56 Å². The van der Waals surface area contributed by atoms with Crippen molar-refractivity contribution in [3.05, 3.63) is 23.3 Å². The van der Waals surface area contributed by atoms with Gasteiger partial charge in [0.25, 0.3) is 0 Å². The summed E-state index contributed by atoms with van der Waals surface area (Å²) in [4.78, 5) is 0. The molecular weight excluding hydrogens is 211 g/mol. The van der Waals surface area contributed by atoms with Crippen molar-refractivity contribution >= 4 is 0 Å². The summed E-state index contributed by atoms with van der Waals surface area (Å²) in [5.41, 5.74) is 4.43. The maximum Gasteiger partial charge on any atom is 0.420 e. The van der Waals surface area contributed by atoms with Gasteiger partial charge in [0.2, 0.25) is 0 Å². The van der Waals surface area contributed by atoms with Gasteiger partial charge >= 0.3 is 6.18 Å². The minimum absolute atomic E-state index is 0.0552. The van der Waals surface area contributed by atoms with Crippen LogP contribution in [0.5, 0.6) is 11.5 Å². The third kappa shape index (κ3) is 2.15. The largest absolute Gasteiger partial charge is 0.504 e. The number of hydrogen-bond donors (Lipinski definition) is 2. The SMILES string of the molecule is COc1c(C(F)(F)F)ccc(CN)c1O. The lowest BCUT2D eigenvalue weighted by Gasteiger charge is -2.14. The lowest BCUT2D eigenvalue weighted by atomic mass is 10.1. The van der Waals surface area contributed by atoms with Crippen LogP contribution in [0.2, 0.25) is 0 Å². The number of aromatic hydroxyl groups is 1. The van der Waals surface area contributed by atoms with E-state index in [2.05, 4.69) is 4.74 Å². The van der Waals surface area contributed by atoms with Crippen molar-refractivity contribution in [2.24, 2.45) is 5.73 Å². The van der Waals surface area contributed by atoms with Crippen LogP contribution in [0.3, 0.4) is 0 Å². The van der Waals surface area contributed by atoms with Crippen LogP contribution in [-0.2, 0) is 12.7 Å². The Kier molecular flexibility index (Phi) is 3.09. The number of alkyl halides is 3. The molecule has 6 heteroatoms. The van der Waals surface area contributed by atoms with Gasteiger partial charge < -0.3 is 15.6 Å². The van der Waals surface area contributed by atoms with Crippen molar-refractivity contribution in [3.63, 3.8) is 0 Å². The number of halogens is 3. The summed E-state index contributed by atoms with van der Waals surface area (Å²) in [5.74, 6) is -1.15. The van der Waals surface area contributed by atoms with Gasteiger partial charge in [-0.15, -0.1) is 0 Å². The normalized spacial score (nSPS) is 11.5.